The average Bonchev–Trinajstić information content (AvgIpc) is 2.58. The van der Waals surface area contributed by atoms with Crippen molar-refractivity contribution in [1.82, 2.24) is 15.2 Å². The van der Waals surface area contributed by atoms with Crippen LogP contribution in [0.4, 0.5) is 10.6 Å². The standard InChI is InChI=1S/C17H27N5O3/c1-17(2,3)14(20-16(18)24)15(23)22-9-7-21(8-10-22)13-11-12(25-4)5-6-19-13/h5-6,11,14H,7-10H2,1-4H3,(H3,18,20,24)/t14-/m0/s1. The number of nitrogens with one attached hydrogen (secondary N) is 1. The molecule has 3 N–H and O–H groups in total. The van der Waals surface area contributed by atoms with Crippen LogP contribution in [0.1, 0.15) is 20.8 Å². The van der Waals surface area contributed by atoms with Crippen LogP contribution in [-0.4, -0.2) is 61.2 Å². The van der Waals surface area contributed by atoms with Gasteiger partial charge in [0.15, 0.2) is 0 Å². The summed E-state index contributed by atoms with van der Waals surface area (Å²) in [5, 5.41) is 2.58. The fourth-order valence-electron chi connectivity index (χ4n) is 2.83. The van der Waals surface area contributed by atoms with Crippen molar-refractivity contribution in [2.45, 2.75) is 26.8 Å². The van der Waals surface area contributed by atoms with Gasteiger partial charge in [0.1, 0.15) is 17.6 Å². The number of anilines is 1. The van der Waals surface area contributed by atoms with Crippen molar-refractivity contribution in [2.24, 2.45) is 11.1 Å². The molecule has 2 heterocycles. The second-order valence-corrected chi connectivity index (χ2v) is 7.17. The van der Waals surface area contributed by atoms with E-state index in [-0.39, 0.29) is 5.91 Å². The molecule has 8 heteroatoms. The molecule has 3 amide bonds. The zero-order valence-electron chi connectivity index (χ0n) is 15.3. The number of rotatable bonds is 4. The first-order valence-electron chi connectivity index (χ1n) is 8.32. The average molecular weight is 349 g/mol. The fourth-order valence-corrected chi connectivity index (χ4v) is 2.83. The SMILES string of the molecule is COc1ccnc(N2CCN(C(=O)[C@H](NC(N)=O)C(C)(C)C)CC2)c1. The number of nitrogens with zero attached hydrogens (tertiary/aromatic N) is 3. The lowest BCUT2D eigenvalue weighted by Gasteiger charge is -2.39. The first-order chi connectivity index (χ1) is 11.7. The minimum Gasteiger partial charge on any atom is -0.497 e. The predicted molar refractivity (Wildman–Crippen MR) is 95.5 cm³/mol. The summed E-state index contributed by atoms with van der Waals surface area (Å²) >= 11 is 0. The van der Waals surface area contributed by atoms with Gasteiger partial charge in [0.2, 0.25) is 5.91 Å². The highest BCUT2D eigenvalue weighted by Gasteiger charge is 2.36. The van der Waals surface area contributed by atoms with Crippen LogP contribution in [0.3, 0.4) is 0 Å². The third kappa shape index (κ3) is 4.74. The summed E-state index contributed by atoms with van der Waals surface area (Å²) in [5.74, 6) is 1.47. The molecule has 1 aromatic heterocycles. The molecule has 25 heavy (non-hydrogen) atoms. The Hall–Kier alpha value is -2.51. The lowest BCUT2D eigenvalue weighted by Crippen LogP contribution is -2.59. The molecule has 0 bridgehead atoms. The van der Waals surface area contributed by atoms with Gasteiger partial charge in [-0.05, 0) is 11.5 Å². The Morgan fingerprint density at radius 3 is 2.44 bits per heavy atom. The number of primary amides is 1. The van der Waals surface area contributed by atoms with Crippen LogP contribution in [0.15, 0.2) is 18.3 Å². The monoisotopic (exact) mass is 349 g/mol. The summed E-state index contributed by atoms with van der Waals surface area (Å²) in [7, 11) is 1.62. The van der Waals surface area contributed by atoms with Gasteiger partial charge in [0, 0.05) is 38.4 Å². The fraction of sp³-hybridized carbons (Fsp3) is 0.588. The number of urea groups is 1. The zero-order chi connectivity index (χ0) is 18.6. The van der Waals surface area contributed by atoms with Crippen LogP contribution in [0.2, 0.25) is 0 Å². The minimum absolute atomic E-state index is 0.107. The maximum Gasteiger partial charge on any atom is 0.312 e. The highest BCUT2D eigenvalue weighted by molar-refractivity contribution is 5.87. The number of ether oxygens (including phenoxy) is 1. The summed E-state index contributed by atoms with van der Waals surface area (Å²) < 4.78 is 5.23. The highest BCUT2D eigenvalue weighted by Crippen LogP contribution is 2.23. The molecular formula is C17H27N5O3. The van der Waals surface area contributed by atoms with Gasteiger partial charge in [0.25, 0.3) is 0 Å². The van der Waals surface area contributed by atoms with E-state index in [9.17, 15) is 9.59 Å². The molecule has 0 saturated carbocycles. The first kappa shape index (κ1) is 18.8. The van der Waals surface area contributed by atoms with E-state index in [1.165, 1.54) is 0 Å². The molecule has 0 spiro atoms. The van der Waals surface area contributed by atoms with E-state index in [0.717, 1.165) is 11.6 Å². The molecule has 1 saturated heterocycles. The number of hydrogen-bond acceptors (Lipinski definition) is 5. The van der Waals surface area contributed by atoms with Crippen LogP contribution >= 0.6 is 0 Å². The summed E-state index contributed by atoms with van der Waals surface area (Å²) in [6.07, 6.45) is 1.71. The van der Waals surface area contributed by atoms with Gasteiger partial charge >= 0.3 is 6.03 Å². The van der Waals surface area contributed by atoms with E-state index in [1.807, 2.05) is 26.8 Å². The Balaban J connectivity index is 2.02. The second-order valence-electron chi connectivity index (χ2n) is 7.17. The van der Waals surface area contributed by atoms with Crippen LogP contribution in [0.5, 0.6) is 5.75 Å². The molecule has 2 rings (SSSR count). The summed E-state index contributed by atoms with van der Waals surface area (Å²) in [6.45, 7) is 8.17. The van der Waals surface area contributed by atoms with Crippen molar-refractivity contribution in [3.63, 3.8) is 0 Å². The van der Waals surface area contributed by atoms with Gasteiger partial charge in [-0.15, -0.1) is 0 Å². The maximum absolute atomic E-state index is 12.8. The molecule has 0 radical (unpaired) electrons. The van der Waals surface area contributed by atoms with Crippen molar-refractivity contribution in [3.05, 3.63) is 18.3 Å². The normalized spacial score (nSPS) is 16.3. The highest BCUT2D eigenvalue weighted by atomic mass is 16.5. The molecular weight excluding hydrogens is 322 g/mol. The lowest BCUT2D eigenvalue weighted by molar-refractivity contribution is -0.136. The van der Waals surface area contributed by atoms with E-state index >= 15 is 0 Å². The molecule has 1 aliphatic heterocycles. The Kier molecular flexibility index (Phi) is 5.71. The first-order valence-corrected chi connectivity index (χ1v) is 8.32. The van der Waals surface area contributed by atoms with Crippen LogP contribution in [0, 0.1) is 5.41 Å². The number of amides is 3. The minimum atomic E-state index is -0.688. The van der Waals surface area contributed by atoms with Gasteiger partial charge in [-0.1, -0.05) is 20.8 Å². The molecule has 1 aliphatic rings. The molecule has 1 aromatic rings. The van der Waals surface area contributed by atoms with Gasteiger partial charge in [-0.2, -0.15) is 0 Å². The number of aromatic nitrogens is 1. The molecule has 0 aromatic carbocycles. The van der Waals surface area contributed by atoms with Crippen molar-refractivity contribution in [3.8, 4) is 5.75 Å². The van der Waals surface area contributed by atoms with E-state index < -0.39 is 17.5 Å². The Morgan fingerprint density at radius 2 is 1.92 bits per heavy atom. The smallest absolute Gasteiger partial charge is 0.312 e. The molecule has 0 unspecified atom stereocenters. The summed E-state index contributed by atoms with van der Waals surface area (Å²) in [5.41, 5.74) is 4.81. The molecule has 8 nitrogen and oxygen atoms in total. The van der Waals surface area contributed by atoms with Gasteiger partial charge in [0.05, 0.1) is 7.11 Å². The van der Waals surface area contributed by atoms with Gasteiger partial charge < -0.3 is 25.6 Å². The zero-order valence-corrected chi connectivity index (χ0v) is 15.3. The summed E-state index contributed by atoms with van der Waals surface area (Å²) in [6, 6.07) is 2.34. The molecule has 1 atom stereocenters. The van der Waals surface area contributed by atoms with E-state index in [1.54, 1.807) is 24.3 Å². The Morgan fingerprint density at radius 1 is 1.28 bits per heavy atom. The molecule has 1 fully saturated rings. The van der Waals surface area contributed by atoms with Gasteiger partial charge in [-0.3, -0.25) is 4.79 Å². The van der Waals surface area contributed by atoms with E-state index in [4.69, 9.17) is 10.5 Å². The number of methoxy groups -OCH3 is 1. The lowest BCUT2D eigenvalue weighted by atomic mass is 9.85. The van der Waals surface area contributed by atoms with Gasteiger partial charge in [-0.25, -0.2) is 9.78 Å². The molecule has 0 aliphatic carbocycles. The van der Waals surface area contributed by atoms with Crippen molar-refractivity contribution >= 4 is 17.8 Å². The van der Waals surface area contributed by atoms with Crippen molar-refractivity contribution < 1.29 is 14.3 Å². The van der Waals surface area contributed by atoms with Crippen LogP contribution in [0.25, 0.3) is 0 Å². The number of carbonyl (C=O) groups excluding carboxylic acids is 2. The topological polar surface area (TPSA) is 101 Å². The summed E-state index contributed by atoms with van der Waals surface area (Å²) in [4.78, 5) is 32.3. The Bertz CT molecular complexity index is 621. The molecule has 138 valence electrons. The Labute approximate surface area is 148 Å². The van der Waals surface area contributed by atoms with E-state index in [2.05, 4.69) is 15.2 Å². The van der Waals surface area contributed by atoms with Crippen molar-refractivity contribution in [2.75, 3.05) is 38.2 Å². The quantitative estimate of drug-likeness (QED) is 0.838. The number of nitrogens with two attached hydrogens (primary N) is 1. The van der Waals surface area contributed by atoms with Crippen LogP contribution < -0.4 is 20.7 Å². The maximum atomic E-state index is 12.8. The van der Waals surface area contributed by atoms with Crippen molar-refractivity contribution in [1.29, 1.82) is 0 Å². The number of pyridine rings is 1. The predicted octanol–water partition coefficient (Wildman–Crippen LogP) is 0.822. The second kappa shape index (κ2) is 7.58. The largest absolute Gasteiger partial charge is 0.497 e. The van der Waals surface area contributed by atoms with Crippen LogP contribution in [-0.2, 0) is 4.79 Å². The number of carbonyl (C=O) groups is 2. The number of piperazine rings is 1. The number of hydrogen-bond donors (Lipinski definition) is 2. The third-order valence-corrected chi connectivity index (χ3v) is 4.27. The van der Waals surface area contributed by atoms with E-state index in [0.29, 0.717) is 26.2 Å². The third-order valence-electron chi connectivity index (χ3n) is 4.27.